The molecule has 3 atom stereocenters. The Balaban J connectivity index is 1.76. The van der Waals surface area contributed by atoms with E-state index in [0.29, 0.717) is 13.2 Å². The summed E-state index contributed by atoms with van der Waals surface area (Å²) in [5.74, 6) is 0.902. The van der Waals surface area contributed by atoms with E-state index < -0.39 is 6.29 Å². The summed E-state index contributed by atoms with van der Waals surface area (Å²) >= 11 is 0. The Bertz CT molecular complexity index is 174. The van der Waals surface area contributed by atoms with Crippen LogP contribution in [0.15, 0.2) is 0 Å². The summed E-state index contributed by atoms with van der Waals surface area (Å²) in [5, 5.41) is 9.47. The fraction of sp³-hybridized carbons (Fsp3) is 1.00. The molecule has 0 spiro atoms. The molecule has 3 heteroatoms. The first-order chi connectivity index (χ1) is 6.29. The van der Waals surface area contributed by atoms with Gasteiger partial charge < -0.3 is 9.84 Å². The number of ether oxygens (including phenoxy) is 1. The van der Waals surface area contributed by atoms with Crippen molar-refractivity contribution in [3.8, 4) is 0 Å². The zero-order chi connectivity index (χ0) is 9.26. The van der Waals surface area contributed by atoms with Crippen LogP contribution >= 0.6 is 0 Å². The van der Waals surface area contributed by atoms with Crippen molar-refractivity contribution < 1.29 is 9.84 Å². The van der Waals surface area contributed by atoms with E-state index in [1.165, 1.54) is 25.8 Å². The van der Waals surface area contributed by atoms with Crippen LogP contribution in [-0.4, -0.2) is 42.0 Å². The Labute approximate surface area is 79.7 Å². The molecule has 13 heavy (non-hydrogen) atoms. The fourth-order valence-electron chi connectivity index (χ4n) is 2.70. The van der Waals surface area contributed by atoms with E-state index in [4.69, 9.17) is 4.74 Å². The Kier molecular flexibility index (Phi) is 2.86. The SMILES string of the molecule is CCOC(O)CN1CC2CCC1C2. The molecule has 0 radical (unpaired) electrons. The molecule has 0 aromatic rings. The van der Waals surface area contributed by atoms with Crippen molar-refractivity contribution in [2.24, 2.45) is 5.92 Å². The number of nitrogens with zero attached hydrogens (tertiary/aromatic N) is 1. The minimum atomic E-state index is -0.579. The van der Waals surface area contributed by atoms with Crippen molar-refractivity contribution in [2.45, 2.75) is 38.5 Å². The fourth-order valence-corrected chi connectivity index (χ4v) is 2.70. The second-order valence-corrected chi connectivity index (χ2v) is 4.20. The largest absolute Gasteiger partial charge is 0.367 e. The number of β-amino-alcohol motifs (C(OH)–C–C–N with tert-alkyl or cyclic N) is 1. The van der Waals surface area contributed by atoms with Crippen molar-refractivity contribution >= 4 is 0 Å². The van der Waals surface area contributed by atoms with Gasteiger partial charge in [0.2, 0.25) is 0 Å². The van der Waals surface area contributed by atoms with Gasteiger partial charge in [-0.2, -0.15) is 0 Å². The third kappa shape index (κ3) is 2.03. The van der Waals surface area contributed by atoms with Gasteiger partial charge in [0.15, 0.2) is 6.29 Å². The first kappa shape index (κ1) is 9.44. The molecule has 2 bridgehead atoms. The maximum Gasteiger partial charge on any atom is 0.167 e. The van der Waals surface area contributed by atoms with Gasteiger partial charge in [0.25, 0.3) is 0 Å². The molecular weight excluding hydrogens is 166 g/mol. The predicted molar refractivity (Wildman–Crippen MR) is 50.3 cm³/mol. The number of fused-ring (bicyclic) bond motifs is 2. The topological polar surface area (TPSA) is 32.7 Å². The average Bonchev–Trinajstić information content (AvgIpc) is 2.65. The van der Waals surface area contributed by atoms with E-state index in [9.17, 15) is 5.11 Å². The Morgan fingerprint density at radius 2 is 2.38 bits per heavy atom. The van der Waals surface area contributed by atoms with Crippen molar-refractivity contribution in [3.05, 3.63) is 0 Å². The third-order valence-corrected chi connectivity index (χ3v) is 3.27. The molecule has 1 saturated heterocycles. The lowest BCUT2D eigenvalue weighted by Gasteiger charge is -2.28. The zero-order valence-electron chi connectivity index (χ0n) is 8.28. The number of aliphatic hydroxyl groups is 1. The number of aliphatic hydroxyl groups excluding tert-OH is 1. The van der Waals surface area contributed by atoms with Crippen LogP contribution in [0.3, 0.4) is 0 Å². The number of piperidine rings is 1. The molecule has 1 aliphatic carbocycles. The normalized spacial score (nSPS) is 35.5. The molecule has 0 aromatic carbocycles. The molecule has 1 aliphatic heterocycles. The molecule has 2 fully saturated rings. The van der Waals surface area contributed by atoms with Crippen LogP contribution in [0.4, 0.5) is 0 Å². The predicted octanol–water partition coefficient (Wildman–Crippen LogP) is 0.826. The van der Waals surface area contributed by atoms with Gasteiger partial charge in [-0.15, -0.1) is 0 Å². The van der Waals surface area contributed by atoms with Crippen LogP contribution in [0.25, 0.3) is 0 Å². The van der Waals surface area contributed by atoms with E-state index in [0.717, 1.165) is 12.0 Å². The van der Waals surface area contributed by atoms with Gasteiger partial charge in [0.05, 0.1) is 0 Å². The number of rotatable bonds is 4. The van der Waals surface area contributed by atoms with Gasteiger partial charge >= 0.3 is 0 Å². The Hall–Kier alpha value is -0.120. The first-order valence-electron chi connectivity index (χ1n) is 5.33. The van der Waals surface area contributed by atoms with E-state index in [2.05, 4.69) is 4.90 Å². The van der Waals surface area contributed by atoms with Crippen LogP contribution in [0.5, 0.6) is 0 Å². The summed E-state index contributed by atoms with van der Waals surface area (Å²) in [6.07, 6.45) is 3.48. The van der Waals surface area contributed by atoms with Crippen LogP contribution in [0.2, 0.25) is 0 Å². The van der Waals surface area contributed by atoms with Gasteiger partial charge in [-0.25, -0.2) is 0 Å². The van der Waals surface area contributed by atoms with Crippen LogP contribution in [-0.2, 0) is 4.74 Å². The van der Waals surface area contributed by atoms with Gasteiger partial charge in [-0.1, -0.05) is 0 Å². The molecule has 3 nitrogen and oxygen atoms in total. The molecule has 1 N–H and O–H groups in total. The standard InChI is InChI=1S/C10H19NO2/c1-2-13-10(12)7-11-6-8-3-4-9(11)5-8/h8-10,12H,2-7H2,1H3. The van der Waals surface area contributed by atoms with Crippen molar-refractivity contribution in [1.82, 2.24) is 4.90 Å². The summed E-state index contributed by atoms with van der Waals surface area (Å²) in [6.45, 7) is 4.40. The lowest BCUT2D eigenvalue weighted by atomic mass is 10.1. The number of likely N-dealkylation sites (tertiary alicyclic amines) is 1. The minimum Gasteiger partial charge on any atom is -0.367 e. The Morgan fingerprint density at radius 1 is 1.54 bits per heavy atom. The number of hydrogen-bond donors (Lipinski definition) is 1. The Morgan fingerprint density at radius 3 is 2.92 bits per heavy atom. The van der Waals surface area contributed by atoms with Gasteiger partial charge in [0.1, 0.15) is 0 Å². The monoisotopic (exact) mass is 185 g/mol. The third-order valence-electron chi connectivity index (χ3n) is 3.27. The van der Waals surface area contributed by atoms with Gasteiger partial charge in [-0.3, -0.25) is 4.90 Å². The second-order valence-electron chi connectivity index (χ2n) is 4.20. The summed E-state index contributed by atoms with van der Waals surface area (Å²) in [7, 11) is 0. The highest BCUT2D eigenvalue weighted by Crippen LogP contribution is 2.37. The van der Waals surface area contributed by atoms with Gasteiger partial charge in [0, 0.05) is 25.7 Å². The van der Waals surface area contributed by atoms with Crippen LogP contribution < -0.4 is 0 Å². The summed E-state index contributed by atoms with van der Waals surface area (Å²) in [4.78, 5) is 2.38. The molecule has 0 aromatic heterocycles. The lowest BCUT2D eigenvalue weighted by molar-refractivity contribution is -0.112. The average molecular weight is 185 g/mol. The van der Waals surface area contributed by atoms with E-state index in [-0.39, 0.29) is 0 Å². The minimum absolute atomic E-state index is 0.579. The molecule has 3 unspecified atom stereocenters. The highest BCUT2D eigenvalue weighted by Gasteiger charge is 2.38. The highest BCUT2D eigenvalue weighted by atomic mass is 16.6. The lowest BCUT2D eigenvalue weighted by Crippen LogP contribution is -2.39. The smallest absolute Gasteiger partial charge is 0.167 e. The van der Waals surface area contributed by atoms with Gasteiger partial charge in [-0.05, 0) is 32.1 Å². The second kappa shape index (κ2) is 3.95. The van der Waals surface area contributed by atoms with E-state index in [1.807, 2.05) is 6.92 Å². The van der Waals surface area contributed by atoms with Crippen molar-refractivity contribution in [1.29, 1.82) is 0 Å². The molecule has 76 valence electrons. The number of hydrogen-bond acceptors (Lipinski definition) is 3. The molecule has 2 rings (SSSR count). The molecule has 0 amide bonds. The summed E-state index contributed by atoms with van der Waals surface area (Å²) in [5.41, 5.74) is 0. The molecule has 1 saturated carbocycles. The maximum atomic E-state index is 9.47. The summed E-state index contributed by atoms with van der Waals surface area (Å²) in [6, 6.07) is 0.736. The van der Waals surface area contributed by atoms with E-state index in [1.54, 1.807) is 0 Å². The molecule has 2 aliphatic rings. The highest BCUT2D eigenvalue weighted by molar-refractivity contribution is 4.92. The zero-order valence-corrected chi connectivity index (χ0v) is 8.28. The quantitative estimate of drug-likeness (QED) is 0.658. The summed E-state index contributed by atoms with van der Waals surface area (Å²) < 4.78 is 5.13. The van der Waals surface area contributed by atoms with Crippen molar-refractivity contribution in [3.63, 3.8) is 0 Å². The van der Waals surface area contributed by atoms with Crippen molar-refractivity contribution in [2.75, 3.05) is 19.7 Å². The molecule has 1 heterocycles. The first-order valence-corrected chi connectivity index (χ1v) is 5.33. The van der Waals surface area contributed by atoms with Crippen LogP contribution in [0.1, 0.15) is 26.2 Å². The van der Waals surface area contributed by atoms with Crippen LogP contribution in [0, 0.1) is 5.92 Å². The molecular formula is C10H19NO2. The van der Waals surface area contributed by atoms with E-state index >= 15 is 0 Å². The maximum absolute atomic E-state index is 9.47.